The van der Waals surface area contributed by atoms with Crippen LogP contribution in [-0.4, -0.2) is 43.7 Å². The normalized spacial score (nSPS) is 16.6. The number of ether oxygens (including phenoxy) is 1. The Hall–Kier alpha value is -1.47. The van der Waals surface area contributed by atoms with E-state index in [2.05, 4.69) is 16.3 Å². The van der Waals surface area contributed by atoms with Gasteiger partial charge in [0, 0.05) is 35.1 Å². The summed E-state index contributed by atoms with van der Waals surface area (Å²) in [5, 5.41) is 5.24. The van der Waals surface area contributed by atoms with E-state index in [-0.39, 0.29) is 29.0 Å². The van der Waals surface area contributed by atoms with Crippen LogP contribution in [0.25, 0.3) is 0 Å². The zero-order valence-corrected chi connectivity index (χ0v) is 15.3. The Morgan fingerprint density at radius 2 is 2.12 bits per heavy atom. The minimum atomic E-state index is -0.453. The van der Waals surface area contributed by atoms with Gasteiger partial charge in [-0.25, -0.2) is 4.39 Å². The van der Waals surface area contributed by atoms with Gasteiger partial charge in [-0.1, -0.05) is 23.7 Å². The number of nitrogens with zero attached hydrogens (tertiary/aromatic N) is 1. The smallest absolute Gasteiger partial charge is 0.224 e. The van der Waals surface area contributed by atoms with Crippen LogP contribution in [-0.2, 0) is 16.0 Å². The summed E-state index contributed by atoms with van der Waals surface area (Å²) in [6, 6.07) is 8.62. The number of benzene rings is 1. The van der Waals surface area contributed by atoms with E-state index in [1.807, 2.05) is 11.4 Å². The van der Waals surface area contributed by atoms with E-state index in [4.69, 9.17) is 16.3 Å². The second kappa shape index (κ2) is 8.76. The Kier molecular flexibility index (Phi) is 6.42. The highest BCUT2D eigenvalue weighted by Crippen LogP contribution is 2.25. The molecule has 2 aromatic rings. The Balaban J connectivity index is 1.63. The molecule has 1 aromatic carbocycles. The molecule has 134 valence electrons. The minimum Gasteiger partial charge on any atom is -0.379 e. The molecule has 1 aliphatic heterocycles. The summed E-state index contributed by atoms with van der Waals surface area (Å²) in [4.78, 5) is 15.8. The Labute approximate surface area is 155 Å². The van der Waals surface area contributed by atoms with Crippen molar-refractivity contribution in [1.82, 2.24) is 10.2 Å². The van der Waals surface area contributed by atoms with Crippen LogP contribution in [0.5, 0.6) is 0 Å². The van der Waals surface area contributed by atoms with Crippen LogP contribution < -0.4 is 5.32 Å². The summed E-state index contributed by atoms with van der Waals surface area (Å²) in [5.74, 6) is -0.688. The predicted molar refractivity (Wildman–Crippen MR) is 97.6 cm³/mol. The molecule has 3 rings (SSSR count). The molecule has 0 spiro atoms. The van der Waals surface area contributed by atoms with Crippen molar-refractivity contribution in [3.63, 3.8) is 0 Å². The van der Waals surface area contributed by atoms with E-state index in [1.54, 1.807) is 17.4 Å². The lowest BCUT2D eigenvalue weighted by molar-refractivity contribution is -0.120. The van der Waals surface area contributed by atoms with Crippen LogP contribution in [0.4, 0.5) is 4.39 Å². The Morgan fingerprint density at radius 3 is 2.80 bits per heavy atom. The third kappa shape index (κ3) is 4.79. The fourth-order valence-electron chi connectivity index (χ4n) is 2.91. The first-order valence-electron chi connectivity index (χ1n) is 8.20. The summed E-state index contributed by atoms with van der Waals surface area (Å²) < 4.78 is 19.3. The molecule has 1 fully saturated rings. The third-order valence-corrected chi connectivity index (χ3v) is 5.58. The van der Waals surface area contributed by atoms with E-state index >= 15 is 0 Å². The maximum Gasteiger partial charge on any atom is 0.224 e. The molecule has 1 aliphatic rings. The summed E-state index contributed by atoms with van der Waals surface area (Å²) in [6.07, 6.45) is -0.0637. The van der Waals surface area contributed by atoms with Gasteiger partial charge in [0.25, 0.3) is 0 Å². The van der Waals surface area contributed by atoms with Crippen LogP contribution >= 0.6 is 22.9 Å². The number of halogens is 2. The van der Waals surface area contributed by atoms with Gasteiger partial charge in [0.05, 0.1) is 25.7 Å². The second-order valence-electron chi connectivity index (χ2n) is 5.86. The first kappa shape index (κ1) is 18.3. The molecule has 4 nitrogen and oxygen atoms in total. The van der Waals surface area contributed by atoms with Gasteiger partial charge in [0.15, 0.2) is 0 Å². The van der Waals surface area contributed by atoms with Gasteiger partial charge in [0.1, 0.15) is 5.82 Å². The van der Waals surface area contributed by atoms with E-state index in [9.17, 15) is 9.18 Å². The molecule has 1 N–H and O–H groups in total. The molecule has 1 saturated heterocycles. The topological polar surface area (TPSA) is 41.6 Å². The SMILES string of the molecule is O=C(Cc1c(F)cccc1Cl)NCC(c1cccs1)N1CCOCC1. The van der Waals surface area contributed by atoms with Crippen molar-refractivity contribution in [1.29, 1.82) is 0 Å². The molecule has 2 heterocycles. The van der Waals surface area contributed by atoms with Crippen molar-refractivity contribution in [2.45, 2.75) is 12.5 Å². The van der Waals surface area contributed by atoms with Crippen molar-refractivity contribution < 1.29 is 13.9 Å². The lowest BCUT2D eigenvalue weighted by atomic mass is 10.1. The first-order valence-corrected chi connectivity index (χ1v) is 9.45. The third-order valence-electron chi connectivity index (χ3n) is 4.25. The van der Waals surface area contributed by atoms with Crippen LogP contribution in [0.1, 0.15) is 16.5 Å². The molecule has 25 heavy (non-hydrogen) atoms. The van der Waals surface area contributed by atoms with Gasteiger partial charge in [0.2, 0.25) is 5.91 Å². The Morgan fingerprint density at radius 1 is 1.32 bits per heavy atom. The maximum atomic E-state index is 13.8. The fraction of sp³-hybridized carbons (Fsp3) is 0.389. The zero-order chi connectivity index (χ0) is 17.6. The van der Waals surface area contributed by atoms with Crippen molar-refractivity contribution in [2.75, 3.05) is 32.8 Å². The summed E-state index contributed by atoms with van der Waals surface area (Å²) in [6.45, 7) is 3.53. The molecular formula is C18H20ClFN2O2S. The van der Waals surface area contributed by atoms with Gasteiger partial charge in [-0.05, 0) is 23.6 Å². The summed E-state index contributed by atoms with van der Waals surface area (Å²) >= 11 is 7.67. The van der Waals surface area contributed by atoms with Crippen molar-refractivity contribution in [2.24, 2.45) is 0 Å². The van der Waals surface area contributed by atoms with Gasteiger partial charge in [-0.2, -0.15) is 0 Å². The number of thiophene rings is 1. The highest BCUT2D eigenvalue weighted by Gasteiger charge is 2.24. The Bertz CT molecular complexity index is 685. The molecule has 7 heteroatoms. The molecule has 0 aliphatic carbocycles. The number of amides is 1. The molecule has 1 atom stereocenters. The first-order chi connectivity index (χ1) is 12.1. The number of morpholine rings is 1. The van der Waals surface area contributed by atoms with Crippen molar-refractivity contribution in [3.05, 3.63) is 57.0 Å². The molecular weight excluding hydrogens is 363 g/mol. The van der Waals surface area contributed by atoms with E-state index in [0.717, 1.165) is 13.1 Å². The largest absolute Gasteiger partial charge is 0.379 e. The summed E-state index contributed by atoms with van der Waals surface area (Å²) in [7, 11) is 0. The number of rotatable bonds is 6. The molecule has 0 radical (unpaired) electrons. The number of carbonyl (C=O) groups excluding carboxylic acids is 1. The maximum absolute atomic E-state index is 13.8. The van der Waals surface area contributed by atoms with E-state index in [1.165, 1.54) is 17.0 Å². The molecule has 1 amide bonds. The molecule has 1 unspecified atom stereocenters. The van der Waals surface area contributed by atoms with E-state index in [0.29, 0.717) is 19.8 Å². The average molecular weight is 383 g/mol. The van der Waals surface area contributed by atoms with Crippen molar-refractivity contribution in [3.8, 4) is 0 Å². The molecule has 1 aromatic heterocycles. The summed E-state index contributed by atoms with van der Waals surface area (Å²) in [5.41, 5.74) is 0.237. The highest BCUT2D eigenvalue weighted by molar-refractivity contribution is 7.10. The fourth-order valence-corrected chi connectivity index (χ4v) is 4.01. The lowest BCUT2D eigenvalue weighted by Gasteiger charge is -2.34. The van der Waals surface area contributed by atoms with Crippen LogP contribution in [0, 0.1) is 5.82 Å². The average Bonchev–Trinajstić information content (AvgIpc) is 3.14. The van der Waals surface area contributed by atoms with Crippen molar-refractivity contribution >= 4 is 28.8 Å². The molecule has 0 saturated carbocycles. The number of carbonyl (C=O) groups is 1. The van der Waals surface area contributed by atoms with Gasteiger partial charge >= 0.3 is 0 Å². The van der Waals surface area contributed by atoms with Crippen LogP contribution in [0.15, 0.2) is 35.7 Å². The van der Waals surface area contributed by atoms with Gasteiger partial charge in [-0.15, -0.1) is 11.3 Å². The van der Waals surface area contributed by atoms with Crippen LogP contribution in [0.2, 0.25) is 5.02 Å². The monoisotopic (exact) mass is 382 g/mol. The highest BCUT2D eigenvalue weighted by atomic mass is 35.5. The minimum absolute atomic E-state index is 0.0637. The number of nitrogens with one attached hydrogen (secondary N) is 1. The lowest BCUT2D eigenvalue weighted by Crippen LogP contribution is -2.43. The molecule has 0 bridgehead atoms. The van der Waals surface area contributed by atoms with E-state index < -0.39 is 5.82 Å². The van der Waals surface area contributed by atoms with Gasteiger partial charge in [-0.3, -0.25) is 9.69 Å². The predicted octanol–water partition coefficient (Wildman–Crippen LogP) is 3.27. The standard InChI is InChI=1S/C18H20ClFN2O2S/c19-14-3-1-4-15(20)13(14)11-18(23)21-12-16(17-5-2-10-25-17)22-6-8-24-9-7-22/h1-5,10,16H,6-9,11-12H2,(H,21,23). The number of hydrogen-bond donors (Lipinski definition) is 1. The van der Waals surface area contributed by atoms with Gasteiger partial charge < -0.3 is 10.1 Å². The second-order valence-corrected chi connectivity index (χ2v) is 7.25. The van der Waals surface area contributed by atoms with Crippen LogP contribution in [0.3, 0.4) is 0 Å². The zero-order valence-electron chi connectivity index (χ0n) is 13.7. The quantitative estimate of drug-likeness (QED) is 0.833. The number of hydrogen-bond acceptors (Lipinski definition) is 4.